The zero-order valence-electron chi connectivity index (χ0n) is 12.3. The van der Waals surface area contributed by atoms with Crippen molar-refractivity contribution in [3.05, 3.63) is 35.4 Å². The lowest BCUT2D eigenvalue weighted by molar-refractivity contribution is -0.138. The Morgan fingerprint density at radius 3 is 2.65 bits per heavy atom. The molecule has 3 nitrogen and oxygen atoms in total. The molecule has 20 heavy (non-hydrogen) atoms. The van der Waals surface area contributed by atoms with Crippen LogP contribution in [0, 0.1) is 5.92 Å². The summed E-state index contributed by atoms with van der Waals surface area (Å²) in [6.07, 6.45) is 5.30. The molecule has 2 rings (SSSR count). The minimum atomic E-state index is -0.787. The zero-order valence-corrected chi connectivity index (χ0v) is 12.3. The Morgan fingerprint density at radius 1 is 1.35 bits per heavy atom. The first-order chi connectivity index (χ1) is 9.56. The van der Waals surface area contributed by atoms with Gasteiger partial charge in [0, 0.05) is 0 Å². The molecular weight excluding hydrogens is 252 g/mol. The third kappa shape index (κ3) is 4.07. The first-order valence-corrected chi connectivity index (χ1v) is 7.49. The predicted octanol–water partition coefficient (Wildman–Crippen LogP) is 3.97. The van der Waals surface area contributed by atoms with Crippen LogP contribution < -0.4 is 0 Å². The Kier molecular flexibility index (Phi) is 5.18. The smallest absolute Gasteiger partial charge is 0.310 e. The Morgan fingerprint density at radius 2 is 2.05 bits per heavy atom. The highest BCUT2D eigenvalue weighted by Crippen LogP contribution is 2.26. The topological polar surface area (TPSA) is 46.5 Å². The summed E-state index contributed by atoms with van der Waals surface area (Å²) >= 11 is 0. The highest BCUT2D eigenvalue weighted by atomic mass is 16.5. The molecule has 1 aromatic carbocycles. The Labute approximate surface area is 121 Å². The quantitative estimate of drug-likeness (QED) is 0.885. The maximum Gasteiger partial charge on any atom is 0.310 e. The van der Waals surface area contributed by atoms with Crippen molar-refractivity contribution in [3.63, 3.8) is 0 Å². The number of ether oxygens (including phenoxy) is 1. The van der Waals surface area contributed by atoms with Crippen molar-refractivity contribution in [2.75, 3.05) is 0 Å². The van der Waals surface area contributed by atoms with Gasteiger partial charge in [-0.2, -0.15) is 0 Å². The zero-order chi connectivity index (χ0) is 14.5. The molecule has 0 saturated heterocycles. The number of carboxylic acid groups (broad SMARTS) is 1. The van der Waals surface area contributed by atoms with Crippen LogP contribution in [0.2, 0.25) is 0 Å². The van der Waals surface area contributed by atoms with E-state index in [0.717, 1.165) is 23.5 Å². The van der Waals surface area contributed by atoms with Crippen LogP contribution in [0.25, 0.3) is 0 Å². The molecule has 1 N–H and O–H groups in total. The molecule has 0 heterocycles. The lowest BCUT2D eigenvalue weighted by atomic mass is 9.89. The molecule has 0 radical (unpaired) electrons. The summed E-state index contributed by atoms with van der Waals surface area (Å²) in [5, 5.41) is 8.98. The van der Waals surface area contributed by atoms with Gasteiger partial charge < -0.3 is 9.84 Å². The summed E-state index contributed by atoms with van der Waals surface area (Å²) in [4.78, 5) is 10.9. The van der Waals surface area contributed by atoms with Crippen molar-refractivity contribution >= 4 is 5.97 Å². The van der Waals surface area contributed by atoms with Gasteiger partial charge in [0.25, 0.3) is 0 Å². The van der Waals surface area contributed by atoms with E-state index in [1.807, 2.05) is 24.3 Å². The maximum absolute atomic E-state index is 10.9. The van der Waals surface area contributed by atoms with Crippen LogP contribution in [0.1, 0.15) is 56.6 Å². The molecule has 0 amide bonds. The lowest BCUT2D eigenvalue weighted by Gasteiger charge is -2.26. The number of benzene rings is 1. The van der Waals surface area contributed by atoms with E-state index in [-0.39, 0.29) is 0 Å². The Hall–Kier alpha value is -1.35. The number of carbonyl (C=O) groups is 1. The molecule has 3 heteroatoms. The summed E-state index contributed by atoms with van der Waals surface area (Å²) in [7, 11) is 0. The molecule has 1 aliphatic carbocycles. The molecule has 0 aromatic heterocycles. The van der Waals surface area contributed by atoms with Crippen molar-refractivity contribution in [2.45, 2.75) is 58.2 Å². The third-order valence-corrected chi connectivity index (χ3v) is 4.22. The highest BCUT2D eigenvalue weighted by Gasteiger charge is 2.19. The van der Waals surface area contributed by atoms with Crippen LogP contribution in [-0.4, -0.2) is 17.2 Å². The van der Waals surface area contributed by atoms with Gasteiger partial charge in [0.1, 0.15) is 0 Å². The van der Waals surface area contributed by atoms with E-state index < -0.39 is 11.9 Å². The van der Waals surface area contributed by atoms with E-state index in [2.05, 4.69) is 6.92 Å². The van der Waals surface area contributed by atoms with Crippen LogP contribution in [0.4, 0.5) is 0 Å². The highest BCUT2D eigenvalue weighted by molar-refractivity contribution is 5.75. The van der Waals surface area contributed by atoms with E-state index in [1.54, 1.807) is 6.92 Å². The number of aliphatic carboxylic acids is 1. The summed E-state index contributed by atoms with van der Waals surface area (Å²) in [6, 6.07) is 7.73. The second kappa shape index (κ2) is 6.89. The van der Waals surface area contributed by atoms with Gasteiger partial charge in [-0.3, -0.25) is 4.79 Å². The van der Waals surface area contributed by atoms with Crippen molar-refractivity contribution in [3.8, 4) is 0 Å². The van der Waals surface area contributed by atoms with Gasteiger partial charge in [0.2, 0.25) is 0 Å². The number of carboxylic acids is 1. The normalized spacial score (nSPS) is 24.3. The fraction of sp³-hybridized carbons (Fsp3) is 0.588. The summed E-state index contributed by atoms with van der Waals surface area (Å²) in [6.45, 7) is 4.62. The molecule has 1 aromatic rings. The predicted molar refractivity (Wildman–Crippen MR) is 78.7 cm³/mol. The van der Waals surface area contributed by atoms with E-state index in [4.69, 9.17) is 9.84 Å². The Bertz CT molecular complexity index is 438. The van der Waals surface area contributed by atoms with Gasteiger partial charge in [0.05, 0.1) is 18.6 Å². The van der Waals surface area contributed by atoms with E-state index in [1.165, 1.54) is 19.3 Å². The first kappa shape index (κ1) is 15.0. The molecule has 3 unspecified atom stereocenters. The molecule has 0 spiro atoms. The van der Waals surface area contributed by atoms with Crippen molar-refractivity contribution in [1.82, 2.24) is 0 Å². The van der Waals surface area contributed by atoms with Crippen LogP contribution in [0.3, 0.4) is 0 Å². The number of hydrogen-bond donors (Lipinski definition) is 1. The van der Waals surface area contributed by atoms with Crippen molar-refractivity contribution < 1.29 is 14.6 Å². The van der Waals surface area contributed by atoms with Gasteiger partial charge in [-0.25, -0.2) is 0 Å². The fourth-order valence-corrected chi connectivity index (χ4v) is 2.79. The Balaban J connectivity index is 1.86. The van der Waals surface area contributed by atoms with Crippen LogP contribution in [-0.2, 0) is 16.1 Å². The monoisotopic (exact) mass is 276 g/mol. The fourth-order valence-electron chi connectivity index (χ4n) is 2.79. The minimum absolute atomic E-state index is 0.386. The van der Waals surface area contributed by atoms with Gasteiger partial charge >= 0.3 is 5.97 Å². The molecule has 0 aliphatic heterocycles. The third-order valence-electron chi connectivity index (χ3n) is 4.22. The molecule has 1 fully saturated rings. The van der Waals surface area contributed by atoms with Crippen molar-refractivity contribution in [1.29, 1.82) is 0 Å². The second-order valence-corrected chi connectivity index (χ2v) is 6.01. The van der Waals surface area contributed by atoms with Gasteiger partial charge in [-0.15, -0.1) is 0 Å². The van der Waals surface area contributed by atoms with Gasteiger partial charge in [0.15, 0.2) is 0 Å². The molecule has 110 valence electrons. The standard InChI is InChI=1S/C17H24O3/c1-12-4-3-5-16(10-12)20-11-14-6-8-15(9-7-14)13(2)17(18)19/h6-9,12-13,16H,3-5,10-11H2,1-2H3,(H,18,19). The lowest BCUT2D eigenvalue weighted by Crippen LogP contribution is -2.21. The average molecular weight is 276 g/mol. The summed E-state index contributed by atoms with van der Waals surface area (Å²) in [5.74, 6) is -0.470. The van der Waals surface area contributed by atoms with Crippen LogP contribution in [0.15, 0.2) is 24.3 Å². The van der Waals surface area contributed by atoms with Crippen LogP contribution >= 0.6 is 0 Å². The van der Waals surface area contributed by atoms with Gasteiger partial charge in [-0.05, 0) is 36.8 Å². The van der Waals surface area contributed by atoms with Gasteiger partial charge in [-0.1, -0.05) is 44.0 Å². The number of rotatable bonds is 5. The van der Waals surface area contributed by atoms with E-state index in [9.17, 15) is 4.79 Å². The maximum atomic E-state index is 10.9. The number of hydrogen-bond acceptors (Lipinski definition) is 2. The SMILES string of the molecule is CC1CCCC(OCc2ccc(C(C)C(=O)O)cc2)C1. The van der Waals surface area contributed by atoms with E-state index >= 15 is 0 Å². The molecular formula is C17H24O3. The molecule has 1 aliphatic rings. The molecule has 3 atom stereocenters. The summed E-state index contributed by atoms with van der Waals surface area (Å²) in [5.41, 5.74) is 1.96. The second-order valence-electron chi connectivity index (χ2n) is 6.01. The largest absolute Gasteiger partial charge is 0.481 e. The molecule has 0 bridgehead atoms. The van der Waals surface area contributed by atoms with Crippen LogP contribution in [0.5, 0.6) is 0 Å². The van der Waals surface area contributed by atoms with Crippen molar-refractivity contribution in [2.24, 2.45) is 5.92 Å². The molecule has 1 saturated carbocycles. The minimum Gasteiger partial charge on any atom is -0.481 e. The van der Waals surface area contributed by atoms with E-state index in [0.29, 0.717) is 12.7 Å². The first-order valence-electron chi connectivity index (χ1n) is 7.49. The summed E-state index contributed by atoms with van der Waals surface area (Å²) < 4.78 is 5.97. The average Bonchev–Trinajstić information content (AvgIpc) is 2.45.